The van der Waals surface area contributed by atoms with Crippen molar-refractivity contribution in [3.63, 3.8) is 0 Å². The van der Waals surface area contributed by atoms with Gasteiger partial charge in [-0.05, 0) is 56.2 Å². The molecule has 5 nitrogen and oxygen atoms in total. The highest BCUT2D eigenvalue weighted by molar-refractivity contribution is 5.79. The second-order valence-corrected chi connectivity index (χ2v) is 6.20. The molecule has 0 radical (unpaired) electrons. The quantitative estimate of drug-likeness (QED) is 0.592. The van der Waals surface area contributed by atoms with E-state index in [1.54, 1.807) is 40.0 Å². The summed E-state index contributed by atoms with van der Waals surface area (Å²) >= 11 is 0. The molecule has 0 aliphatic heterocycles. The minimum Gasteiger partial charge on any atom is -0.508 e. The SMILES string of the molecule is CCOC(=O)C(C)(C)Oc1cc(O)cc(/C=C/c2ccc(OC)cc2)c1. The number of hydrogen-bond donors (Lipinski definition) is 1. The average molecular weight is 356 g/mol. The molecule has 0 fully saturated rings. The molecule has 0 aliphatic rings. The van der Waals surface area contributed by atoms with E-state index in [1.165, 1.54) is 6.07 Å². The van der Waals surface area contributed by atoms with Gasteiger partial charge in [0.25, 0.3) is 0 Å². The number of phenols is 1. The minimum atomic E-state index is -1.15. The van der Waals surface area contributed by atoms with Gasteiger partial charge < -0.3 is 19.3 Å². The van der Waals surface area contributed by atoms with Gasteiger partial charge in [0.15, 0.2) is 5.60 Å². The van der Waals surface area contributed by atoms with Gasteiger partial charge in [-0.3, -0.25) is 0 Å². The molecule has 2 rings (SSSR count). The van der Waals surface area contributed by atoms with E-state index in [0.29, 0.717) is 5.75 Å². The van der Waals surface area contributed by atoms with Crippen molar-refractivity contribution in [3.8, 4) is 17.2 Å². The summed E-state index contributed by atoms with van der Waals surface area (Å²) in [7, 11) is 1.62. The van der Waals surface area contributed by atoms with Gasteiger partial charge in [0.2, 0.25) is 0 Å². The Balaban J connectivity index is 2.18. The fourth-order valence-electron chi connectivity index (χ4n) is 2.31. The van der Waals surface area contributed by atoms with E-state index in [4.69, 9.17) is 14.2 Å². The van der Waals surface area contributed by atoms with Crippen molar-refractivity contribution in [2.24, 2.45) is 0 Å². The molecule has 0 spiro atoms. The van der Waals surface area contributed by atoms with Gasteiger partial charge in [-0.2, -0.15) is 0 Å². The first-order valence-electron chi connectivity index (χ1n) is 8.36. The molecular weight excluding hydrogens is 332 g/mol. The lowest BCUT2D eigenvalue weighted by molar-refractivity contribution is -0.158. The Kier molecular flexibility index (Phi) is 6.28. The van der Waals surface area contributed by atoms with Gasteiger partial charge in [0.1, 0.15) is 17.2 Å². The first-order chi connectivity index (χ1) is 12.3. The summed E-state index contributed by atoms with van der Waals surface area (Å²) in [5.74, 6) is 0.768. The molecule has 0 unspecified atom stereocenters. The van der Waals surface area contributed by atoms with E-state index in [0.717, 1.165) is 16.9 Å². The van der Waals surface area contributed by atoms with Crippen LogP contribution in [-0.4, -0.2) is 30.4 Å². The van der Waals surface area contributed by atoms with Crippen LogP contribution in [0, 0.1) is 0 Å². The number of rotatable bonds is 7. The van der Waals surface area contributed by atoms with Crippen LogP contribution in [0.15, 0.2) is 42.5 Å². The zero-order chi connectivity index (χ0) is 19.2. The molecule has 0 bridgehead atoms. The predicted octanol–water partition coefficient (Wildman–Crippen LogP) is 4.29. The normalized spacial score (nSPS) is 11.4. The molecule has 0 atom stereocenters. The largest absolute Gasteiger partial charge is 0.508 e. The van der Waals surface area contributed by atoms with Crippen LogP contribution in [0.1, 0.15) is 31.9 Å². The van der Waals surface area contributed by atoms with Crippen LogP contribution in [0.5, 0.6) is 17.2 Å². The van der Waals surface area contributed by atoms with Crippen molar-refractivity contribution in [3.05, 3.63) is 53.6 Å². The number of hydrogen-bond acceptors (Lipinski definition) is 5. The number of phenolic OH excluding ortho intramolecular Hbond substituents is 1. The molecule has 0 saturated carbocycles. The number of carbonyl (C=O) groups is 1. The van der Waals surface area contributed by atoms with E-state index < -0.39 is 11.6 Å². The minimum absolute atomic E-state index is 0.0524. The van der Waals surface area contributed by atoms with Gasteiger partial charge in [-0.1, -0.05) is 24.3 Å². The Labute approximate surface area is 153 Å². The van der Waals surface area contributed by atoms with Crippen molar-refractivity contribution in [1.29, 1.82) is 0 Å². The second kappa shape index (κ2) is 8.43. The molecule has 0 saturated heterocycles. The van der Waals surface area contributed by atoms with Crippen LogP contribution >= 0.6 is 0 Å². The summed E-state index contributed by atoms with van der Waals surface area (Å²) in [5, 5.41) is 9.95. The summed E-state index contributed by atoms with van der Waals surface area (Å²) in [6.45, 7) is 5.27. The summed E-state index contributed by atoms with van der Waals surface area (Å²) in [6, 6.07) is 12.4. The fraction of sp³-hybridized carbons (Fsp3) is 0.286. The van der Waals surface area contributed by atoms with Gasteiger partial charge in [0, 0.05) is 6.07 Å². The highest BCUT2D eigenvalue weighted by atomic mass is 16.6. The van der Waals surface area contributed by atoms with Gasteiger partial charge >= 0.3 is 5.97 Å². The number of methoxy groups -OCH3 is 1. The average Bonchev–Trinajstić information content (AvgIpc) is 2.59. The van der Waals surface area contributed by atoms with Crippen LogP contribution in [0.2, 0.25) is 0 Å². The van der Waals surface area contributed by atoms with E-state index >= 15 is 0 Å². The molecule has 5 heteroatoms. The Morgan fingerprint density at radius 3 is 2.31 bits per heavy atom. The lowest BCUT2D eigenvalue weighted by Crippen LogP contribution is -2.39. The van der Waals surface area contributed by atoms with Crippen molar-refractivity contribution in [2.45, 2.75) is 26.4 Å². The molecule has 1 N–H and O–H groups in total. The van der Waals surface area contributed by atoms with Crippen molar-refractivity contribution in [1.82, 2.24) is 0 Å². The number of ether oxygens (including phenoxy) is 3. The first-order valence-corrected chi connectivity index (χ1v) is 8.36. The molecule has 26 heavy (non-hydrogen) atoms. The smallest absolute Gasteiger partial charge is 0.349 e. The van der Waals surface area contributed by atoms with Crippen LogP contribution in [-0.2, 0) is 9.53 Å². The van der Waals surface area contributed by atoms with Crippen LogP contribution in [0.25, 0.3) is 12.2 Å². The second-order valence-electron chi connectivity index (χ2n) is 6.20. The third-order valence-electron chi connectivity index (χ3n) is 3.64. The van der Waals surface area contributed by atoms with Crippen molar-refractivity contribution in [2.75, 3.05) is 13.7 Å². The van der Waals surface area contributed by atoms with E-state index in [-0.39, 0.29) is 12.4 Å². The predicted molar refractivity (Wildman–Crippen MR) is 101 cm³/mol. The summed E-state index contributed by atoms with van der Waals surface area (Å²) in [6.07, 6.45) is 3.76. The molecule has 2 aromatic rings. The molecule has 0 aromatic heterocycles. The lowest BCUT2D eigenvalue weighted by Gasteiger charge is -2.24. The Bertz CT molecular complexity index is 775. The Hall–Kier alpha value is -2.95. The van der Waals surface area contributed by atoms with Gasteiger partial charge in [0.05, 0.1) is 13.7 Å². The number of carbonyl (C=O) groups excluding carboxylic acids is 1. The molecule has 0 heterocycles. The highest BCUT2D eigenvalue weighted by Gasteiger charge is 2.31. The fourth-order valence-corrected chi connectivity index (χ4v) is 2.31. The monoisotopic (exact) mass is 356 g/mol. The number of aromatic hydroxyl groups is 1. The summed E-state index contributed by atoms with van der Waals surface area (Å²) in [5.41, 5.74) is 0.583. The molecule has 2 aromatic carbocycles. The van der Waals surface area contributed by atoms with Gasteiger partial charge in [-0.15, -0.1) is 0 Å². The van der Waals surface area contributed by atoms with E-state index in [9.17, 15) is 9.90 Å². The maximum Gasteiger partial charge on any atom is 0.349 e. The summed E-state index contributed by atoms with van der Waals surface area (Å²) in [4.78, 5) is 12.0. The van der Waals surface area contributed by atoms with E-state index in [2.05, 4.69) is 0 Å². The summed E-state index contributed by atoms with van der Waals surface area (Å²) < 4.78 is 15.9. The maximum absolute atomic E-state index is 12.0. The highest BCUT2D eigenvalue weighted by Crippen LogP contribution is 2.27. The van der Waals surface area contributed by atoms with Crippen molar-refractivity contribution >= 4 is 18.1 Å². The van der Waals surface area contributed by atoms with E-state index in [1.807, 2.05) is 36.4 Å². The number of benzene rings is 2. The third-order valence-corrected chi connectivity index (χ3v) is 3.64. The van der Waals surface area contributed by atoms with Crippen LogP contribution < -0.4 is 9.47 Å². The third kappa shape index (κ3) is 5.28. The molecule has 0 aliphatic carbocycles. The maximum atomic E-state index is 12.0. The molecule has 0 amide bonds. The standard InChI is InChI=1S/C21H24O5/c1-5-25-20(23)21(2,3)26-19-13-16(12-17(22)14-19)7-6-15-8-10-18(24-4)11-9-15/h6-14,22H,5H2,1-4H3/b7-6+. The Morgan fingerprint density at radius 2 is 1.69 bits per heavy atom. The molecule has 138 valence electrons. The zero-order valence-electron chi connectivity index (χ0n) is 15.5. The molecular formula is C21H24O5. The zero-order valence-corrected chi connectivity index (χ0v) is 15.5. The lowest BCUT2D eigenvalue weighted by atomic mass is 10.1. The number of esters is 1. The van der Waals surface area contributed by atoms with Crippen molar-refractivity contribution < 1.29 is 24.1 Å². The Morgan fingerprint density at radius 1 is 1.04 bits per heavy atom. The van der Waals surface area contributed by atoms with Gasteiger partial charge in [-0.25, -0.2) is 4.79 Å². The van der Waals surface area contributed by atoms with Crippen LogP contribution in [0.4, 0.5) is 0 Å². The topological polar surface area (TPSA) is 65.0 Å². The van der Waals surface area contributed by atoms with Crippen LogP contribution in [0.3, 0.4) is 0 Å². The first kappa shape index (κ1) is 19.4.